The SMILES string of the molecule is CC(C)(C)[Si](OC[C@@H]1C/C=C/[C@H](O)[C@@H]2CC[C@H]2CN2CCCCc3cc(Cl)ccc3COc3ccc(cc32)C(=O)NS(=O)(=O)C1)(c1ccccc1)c1ccccc1. The number of carbonyl (C=O) groups excluding carboxylic acids is 1. The van der Waals surface area contributed by atoms with E-state index in [-0.39, 0.29) is 34.8 Å². The predicted octanol–water partition coefficient (Wildman–Crippen LogP) is 7.66. The van der Waals surface area contributed by atoms with Crippen molar-refractivity contribution in [3.05, 3.63) is 131 Å². The van der Waals surface area contributed by atoms with Crippen molar-refractivity contribution in [2.45, 2.75) is 77.0 Å². The van der Waals surface area contributed by atoms with Gasteiger partial charge in [0.25, 0.3) is 14.2 Å². The molecule has 0 spiro atoms. The Bertz CT molecular complexity index is 2120. The van der Waals surface area contributed by atoms with E-state index in [2.05, 4.69) is 54.7 Å². The fourth-order valence-electron chi connectivity index (χ4n) is 8.93. The van der Waals surface area contributed by atoms with Crippen LogP contribution in [0.1, 0.15) is 74.4 Å². The number of benzene rings is 4. The van der Waals surface area contributed by atoms with Crippen LogP contribution in [0.3, 0.4) is 0 Å². The summed E-state index contributed by atoms with van der Waals surface area (Å²) in [6, 6.07) is 31.6. The maximum Gasteiger partial charge on any atom is 0.264 e. The molecule has 0 unspecified atom stereocenters. The molecule has 0 saturated heterocycles. The summed E-state index contributed by atoms with van der Waals surface area (Å²) < 4.78 is 44.0. The smallest absolute Gasteiger partial charge is 0.264 e. The molecule has 0 aromatic heterocycles. The van der Waals surface area contributed by atoms with Crippen LogP contribution in [-0.4, -0.2) is 59.3 Å². The number of nitrogens with zero attached hydrogens (tertiary/aromatic N) is 1. The molecule has 2 aliphatic heterocycles. The van der Waals surface area contributed by atoms with Crippen LogP contribution in [0, 0.1) is 17.8 Å². The van der Waals surface area contributed by atoms with Crippen molar-refractivity contribution in [1.29, 1.82) is 0 Å². The minimum absolute atomic E-state index is 0.0603. The van der Waals surface area contributed by atoms with Crippen LogP contribution in [0.5, 0.6) is 5.75 Å². The van der Waals surface area contributed by atoms with Crippen LogP contribution in [0.15, 0.2) is 109 Å². The van der Waals surface area contributed by atoms with Crippen molar-refractivity contribution in [2.75, 3.05) is 30.3 Å². The van der Waals surface area contributed by atoms with E-state index >= 15 is 0 Å². The average Bonchev–Trinajstić information content (AvgIpc) is 3.19. The number of amides is 1. The average molecular weight is 828 g/mol. The zero-order valence-electron chi connectivity index (χ0n) is 33.2. The molecule has 0 radical (unpaired) electrons. The highest BCUT2D eigenvalue weighted by atomic mass is 35.5. The topological polar surface area (TPSA) is 105 Å². The molecular formula is C46H55ClN2O6SSi. The Hall–Kier alpha value is -3.93. The van der Waals surface area contributed by atoms with E-state index in [4.69, 9.17) is 20.8 Å². The van der Waals surface area contributed by atoms with Gasteiger partial charge in [0.15, 0.2) is 0 Å². The third-order valence-electron chi connectivity index (χ3n) is 12.1. The molecule has 7 rings (SSSR count). The van der Waals surface area contributed by atoms with Crippen LogP contribution in [0.4, 0.5) is 5.69 Å². The van der Waals surface area contributed by atoms with Crippen LogP contribution < -0.4 is 24.7 Å². The first-order chi connectivity index (χ1) is 27.3. The van der Waals surface area contributed by atoms with Gasteiger partial charge in [-0.15, -0.1) is 0 Å². The highest BCUT2D eigenvalue weighted by Gasteiger charge is 2.50. The second-order valence-electron chi connectivity index (χ2n) is 17.0. The number of carbonyl (C=O) groups is 1. The lowest BCUT2D eigenvalue weighted by atomic mass is 9.70. The monoisotopic (exact) mass is 826 g/mol. The van der Waals surface area contributed by atoms with Crippen LogP contribution >= 0.6 is 11.6 Å². The Morgan fingerprint density at radius 3 is 2.32 bits per heavy atom. The molecule has 2 N–H and O–H groups in total. The first kappa shape index (κ1) is 41.2. The number of fused-ring (bicyclic) bond motifs is 3. The maximum absolute atomic E-state index is 14.0. The largest absolute Gasteiger partial charge is 0.487 e. The summed E-state index contributed by atoms with van der Waals surface area (Å²) in [6.07, 6.45) is 8.04. The number of aryl methyl sites for hydroxylation is 1. The van der Waals surface area contributed by atoms with Gasteiger partial charge in [-0.05, 0) is 107 Å². The molecule has 2 heterocycles. The molecule has 11 heteroatoms. The molecule has 4 aromatic carbocycles. The number of ether oxygens (including phenoxy) is 1. The van der Waals surface area contributed by atoms with Gasteiger partial charge in [0.2, 0.25) is 10.0 Å². The fraction of sp³-hybridized carbons (Fsp3) is 0.413. The van der Waals surface area contributed by atoms with Gasteiger partial charge in [-0.2, -0.15) is 0 Å². The number of halogens is 1. The van der Waals surface area contributed by atoms with Crippen LogP contribution in [0.25, 0.3) is 0 Å². The zero-order chi connectivity index (χ0) is 40.2. The molecule has 3 aliphatic rings. The van der Waals surface area contributed by atoms with Gasteiger partial charge in [-0.3, -0.25) is 4.79 Å². The normalized spacial score (nSPS) is 23.7. The molecule has 302 valence electrons. The van der Waals surface area contributed by atoms with E-state index in [0.29, 0.717) is 30.3 Å². The molecule has 1 saturated carbocycles. The number of allylic oxidation sites excluding steroid dienone is 1. The molecule has 4 aromatic rings. The number of hydrogen-bond donors (Lipinski definition) is 2. The quantitative estimate of drug-likeness (QED) is 0.157. The number of rotatable bonds is 5. The lowest BCUT2D eigenvalue weighted by molar-refractivity contribution is 0.0460. The standard InChI is InChI=1S/C46H55ClN2O6SSi/c1-46(2,3)57(39-15-6-4-7-16-39,40-17-8-5-9-18-40)55-30-33-13-12-19-43(50)41-24-21-36(41)29-49-26-11-10-14-34-27-38(47)23-20-37(34)31-54-44-25-22-35(28-42(44)49)45(51)48-56(52,53)32-33/h4-9,12,15-20,22-23,25,27-28,33,36,41,43,50H,10-11,13-14,21,24,26,29-32H2,1-3H3,(H,48,51)/b19-12+/t33-,36-,41+,43-/m0/s1. The first-order valence-corrected chi connectivity index (χ1v) is 24.2. The van der Waals surface area contributed by atoms with E-state index in [1.54, 1.807) is 18.2 Å². The minimum atomic E-state index is -4.13. The van der Waals surface area contributed by atoms with Gasteiger partial charge in [-0.25, -0.2) is 13.1 Å². The summed E-state index contributed by atoms with van der Waals surface area (Å²) in [5, 5.41) is 14.2. The molecular weight excluding hydrogens is 772 g/mol. The molecule has 8 nitrogen and oxygen atoms in total. The number of sulfonamides is 1. The second kappa shape index (κ2) is 17.5. The van der Waals surface area contributed by atoms with E-state index < -0.39 is 36.3 Å². The highest BCUT2D eigenvalue weighted by molar-refractivity contribution is 7.90. The molecule has 1 aliphatic carbocycles. The summed E-state index contributed by atoms with van der Waals surface area (Å²) in [5.74, 6) is -0.593. The minimum Gasteiger partial charge on any atom is -0.487 e. The van der Waals surface area contributed by atoms with Crippen molar-refractivity contribution in [2.24, 2.45) is 17.8 Å². The Labute approximate surface area is 344 Å². The molecule has 1 amide bonds. The number of hydrogen-bond acceptors (Lipinski definition) is 7. The van der Waals surface area contributed by atoms with Crippen molar-refractivity contribution in [3.63, 3.8) is 0 Å². The summed E-state index contributed by atoms with van der Waals surface area (Å²) in [7, 11) is -7.11. The van der Waals surface area contributed by atoms with Gasteiger partial charge in [0, 0.05) is 36.2 Å². The first-order valence-electron chi connectivity index (χ1n) is 20.3. The third kappa shape index (κ3) is 9.36. The lowest BCUT2D eigenvalue weighted by Gasteiger charge is -2.43. The van der Waals surface area contributed by atoms with E-state index in [9.17, 15) is 18.3 Å². The molecule has 1 fully saturated rings. The van der Waals surface area contributed by atoms with Gasteiger partial charge in [0.05, 0.1) is 17.5 Å². The Morgan fingerprint density at radius 2 is 1.65 bits per heavy atom. The number of aliphatic hydroxyl groups excluding tert-OH is 1. The summed E-state index contributed by atoms with van der Waals surface area (Å²) in [6.45, 7) is 8.45. The van der Waals surface area contributed by atoms with E-state index in [1.165, 1.54) is 0 Å². The maximum atomic E-state index is 14.0. The van der Waals surface area contributed by atoms with Crippen molar-refractivity contribution in [3.8, 4) is 5.75 Å². The van der Waals surface area contributed by atoms with E-state index in [0.717, 1.165) is 65.8 Å². The van der Waals surface area contributed by atoms with Gasteiger partial charge in [0.1, 0.15) is 12.4 Å². The Balaban J connectivity index is 1.21. The van der Waals surface area contributed by atoms with Gasteiger partial charge >= 0.3 is 0 Å². The zero-order valence-corrected chi connectivity index (χ0v) is 35.8. The van der Waals surface area contributed by atoms with E-state index in [1.807, 2.05) is 66.7 Å². The highest BCUT2D eigenvalue weighted by Crippen LogP contribution is 2.41. The second-order valence-corrected chi connectivity index (χ2v) is 23.5. The van der Waals surface area contributed by atoms with Crippen molar-refractivity contribution in [1.82, 2.24) is 4.72 Å². The summed E-state index contributed by atoms with van der Waals surface area (Å²) in [4.78, 5) is 16.2. The molecule has 57 heavy (non-hydrogen) atoms. The number of aliphatic hydroxyl groups is 1. The van der Waals surface area contributed by atoms with Gasteiger partial charge < -0.3 is 19.2 Å². The fourth-order valence-corrected chi connectivity index (χ4v) is 15.1. The summed E-state index contributed by atoms with van der Waals surface area (Å²) in [5.41, 5.74) is 3.21. The molecule has 2 bridgehead atoms. The summed E-state index contributed by atoms with van der Waals surface area (Å²) >= 11 is 6.37. The number of anilines is 1. The van der Waals surface area contributed by atoms with Crippen molar-refractivity contribution >= 4 is 51.9 Å². The number of nitrogens with one attached hydrogen (secondary N) is 1. The van der Waals surface area contributed by atoms with Gasteiger partial charge in [-0.1, -0.05) is 111 Å². The predicted molar refractivity (Wildman–Crippen MR) is 232 cm³/mol. The molecule has 4 atom stereocenters. The Morgan fingerprint density at radius 1 is 0.930 bits per heavy atom. The van der Waals surface area contributed by atoms with Crippen molar-refractivity contribution < 1.29 is 27.5 Å². The third-order valence-corrected chi connectivity index (χ3v) is 18.7. The van der Waals surface area contributed by atoms with Crippen LogP contribution in [-0.2, 0) is 27.5 Å². The van der Waals surface area contributed by atoms with Crippen LogP contribution in [0.2, 0.25) is 10.1 Å². The Kier molecular flexibility index (Phi) is 12.7. The lowest BCUT2D eigenvalue weighted by Crippen LogP contribution is -2.67.